The molecular formula is C19H18N6O. The second kappa shape index (κ2) is 6.79. The van der Waals surface area contributed by atoms with Crippen LogP contribution in [0.25, 0.3) is 11.0 Å². The zero-order valence-corrected chi connectivity index (χ0v) is 14.3. The summed E-state index contributed by atoms with van der Waals surface area (Å²) >= 11 is 0. The molecule has 4 aromatic rings. The minimum Gasteiger partial charge on any atom is -0.341 e. The first-order valence-electron chi connectivity index (χ1n) is 8.38. The Hall–Kier alpha value is -3.48. The van der Waals surface area contributed by atoms with Gasteiger partial charge in [0.15, 0.2) is 5.69 Å². The van der Waals surface area contributed by atoms with Crippen LogP contribution in [0.5, 0.6) is 0 Å². The van der Waals surface area contributed by atoms with E-state index in [0.717, 1.165) is 16.6 Å². The summed E-state index contributed by atoms with van der Waals surface area (Å²) in [5.74, 6) is 0.425. The molecule has 26 heavy (non-hydrogen) atoms. The summed E-state index contributed by atoms with van der Waals surface area (Å²) in [5.41, 5.74) is 3.19. The van der Waals surface area contributed by atoms with Crippen LogP contribution in [0.15, 0.2) is 60.8 Å². The normalized spacial score (nSPS) is 12.2. The van der Waals surface area contributed by atoms with Crippen LogP contribution in [0.3, 0.4) is 0 Å². The molecule has 0 saturated carbocycles. The Bertz CT molecular complexity index is 1000. The Morgan fingerprint density at radius 3 is 2.73 bits per heavy atom. The molecule has 2 N–H and O–H groups in total. The molecule has 0 radical (unpaired) electrons. The summed E-state index contributed by atoms with van der Waals surface area (Å²) in [4.78, 5) is 20.2. The highest BCUT2D eigenvalue weighted by atomic mass is 16.2. The number of carbonyl (C=O) groups is 1. The van der Waals surface area contributed by atoms with Crippen molar-refractivity contribution in [2.24, 2.45) is 0 Å². The number of nitrogens with one attached hydrogen (secondary N) is 2. The van der Waals surface area contributed by atoms with E-state index >= 15 is 0 Å². The average Bonchev–Trinajstić information content (AvgIpc) is 3.29. The van der Waals surface area contributed by atoms with E-state index in [1.165, 1.54) is 0 Å². The molecule has 0 saturated heterocycles. The number of aromatic amines is 1. The minimum atomic E-state index is -0.280. The van der Waals surface area contributed by atoms with E-state index in [0.29, 0.717) is 12.4 Å². The lowest BCUT2D eigenvalue weighted by atomic mass is 10.2. The number of aromatic nitrogens is 5. The van der Waals surface area contributed by atoms with E-state index < -0.39 is 0 Å². The maximum Gasteiger partial charge on any atom is 0.274 e. The Kier molecular flexibility index (Phi) is 4.18. The zero-order valence-electron chi connectivity index (χ0n) is 14.3. The van der Waals surface area contributed by atoms with Crippen LogP contribution < -0.4 is 5.32 Å². The lowest BCUT2D eigenvalue weighted by Gasteiger charge is -2.09. The Labute approximate surface area is 150 Å². The van der Waals surface area contributed by atoms with E-state index in [4.69, 9.17) is 0 Å². The number of nitrogens with zero attached hydrogens (tertiary/aromatic N) is 4. The number of hydrogen-bond acceptors (Lipinski definition) is 4. The highest BCUT2D eigenvalue weighted by Gasteiger charge is 2.17. The largest absolute Gasteiger partial charge is 0.341 e. The molecule has 130 valence electrons. The first kappa shape index (κ1) is 16.0. The minimum absolute atomic E-state index is 0.269. The number of para-hydroxylation sites is 2. The Morgan fingerprint density at radius 1 is 1.15 bits per heavy atom. The van der Waals surface area contributed by atoms with Gasteiger partial charge >= 0.3 is 0 Å². The Balaban J connectivity index is 1.44. The first-order valence-corrected chi connectivity index (χ1v) is 8.38. The fourth-order valence-electron chi connectivity index (χ4n) is 2.77. The molecular weight excluding hydrogens is 328 g/mol. The second-order valence-corrected chi connectivity index (χ2v) is 6.12. The van der Waals surface area contributed by atoms with Crippen LogP contribution in [0.1, 0.15) is 34.8 Å². The van der Waals surface area contributed by atoms with Crippen molar-refractivity contribution < 1.29 is 4.79 Å². The van der Waals surface area contributed by atoms with Crippen molar-refractivity contribution in [3.8, 4) is 0 Å². The van der Waals surface area contributed by atoms with Gasteiger partial charge in [-0.05, 0) is 24.6 Å². The maximum absolute atomic E-state index is 12.4. The molecule has 0 spiro atoms. The van der Waals surface area contributed by atoms with Crippen molar-refractivity contribution >= 4 is 16.9 Å². The van der Waals surface area contributed by atoms with Crippen molar-refractivity contribution in [3.63, 3.8) is 0 Å². The fourth-order valence-corrected chi connectivity index (χ4v) is 2.77. The second-order valence-electron chi connectivity index (χ2n) is 6.12. The van der Waals surface area contributed by atoms with Crippen LogP contribution >= 0.6 is 0 Å². The van der Waals surface area contributed by atoms with Gasteiger partial charge in [-0.3, -0.25) is 4.79 Å². The third kappa shape index (κ3) is 3.32. The predicted octanol–water partition coefficient (Wildman–Crippen LogP) is 2.69. The molecule has 1 atom stereocenters. The molecule has 0 aliphatic carbocycles. The average molecular weight is 346 g/mol. The van der Waals surface area contributed by atoms with Crippen molar-refractivity contribution in [1.82, 2.24) is 30.3 Å². The van der Waals surface area contributed by atoms with Crippen LogP contribution in [0, 0.1) is 0 Å². The van der Waals surface area contributed by atoms with Crippen LogP contribution in [0.4, 0.5) is 0 Å². The quantitative estimate of drug-likeness (QED) is 0.581. The van der Waals surface area contributed by atoms with Crippen molar-refractivity contribution in [1.29, 1.82) is 0 Å². The summed E-state index contributed by atoms with van der Waals surface area (Å²) in [6.45, 7) is 2.45. The number of fused-ring (bicyclic) bond motifs is 1. The van der Waals surface area contributed by atoms with Gasteiger partial charge < -0.3 is 10.3 Å². The standard InChI is InChI=1S/C19H18N6O/c1-13(18-21-15-9-5-6-10-16(15)22-18)20-19(26)17-12-25(24-23-17)11-14-7-3-2-4-8-14/h2-10,12-13H,11H2,1H3,(H,20,26)(H,21,22). The molecule has 0 bridgehead atoms. The molecule has 1 unspecified atom stereocenters. The number of H-pyrrole nitrogens is 1. The SMILES string of the molecule is CC(NC(=O)c1cn(Cc2ccccc2)nn1)c1nc2ccccc2[nH]1. The van der Waals surface area contributed by atoms with Gasteiger partial charge in [-0.1, -0.05) is 47.7 Å². The van der Waals surface area contributed by atoms with Gasteiger partial charge in [-0.2, -0.15) is 0 Å². The lowest BCUT2D eigenvalue weighted by Crippen LogP contribution is -2.27. The van der Waals surface area contributed by atoms with Crippen molar-refractivity contribution in [3.05, 3.63) is 77.9 Å². The van der Waals surface area contributed by atoms with E-state index in [9.17, 15) is 4.79 Å². The van der Waals surface area contributed by atoms with E-state index in [1.807, 2.05) is 61.5 Å². The fraction of sp³-hybridized carbons (Fsp3) is 0.158. The molecule has 0 fully saturated rings. The molecule has 0 aliphatic heterocycles. The highest BCUT2D eigenvalue weighted by molar-refractivity contribution is 5.92. The smallest absolute Gasteiger partial charge is 0.274 e. The summed E-state index contributed by atoms with van der Waals surface area (Å²) < 4.78 is 1.65. The Morgan fingerprint density at radius 2 is 1.92 bits per heavy atom. The van der Waals surface area contributed by atoms with Crippen molar-refractivity contribution in [2.45, 2.75) is 19.5 Å². The molecule has 2 aromatic carbocycles. The van der Waals surface area contributed by atoms with E-state index in [2.05, 4.69) is 25.6 Å². The van der Waals surface area contributed by atoms with Gasteiger partial charge in [-0.25, -0.2) is 9.67 Å². The third-order valence-corrected chi connectivity index (χ3v) is 4.12. The number of amides is 1. The van der Waals surface area contributed by atoms with Crippen LogP contribution in [-0.4, -0.2) is 30.9 Å². The van der Waals surface area contributed by atoms with Gasteiger partial charge in [0.05, 0.1) is 29.8 Å². The van der Waals surface area contributed by atoms with Gasteiger partial charge in [0.2, 0.25) is 0 Å². The molecule has 2 heterocycles. The van der Waals surface area contributed by atoms with Crippen molar-refractivity contribution in [2.75, 3.05) is 0 Å². The number of imidazole rings is 1. The molecule has 0 aliphatic rings. The summed E-state index contributed by atoms with van der Waals surface area (Å²) in [6.07, 6.45) is 1.65. The lowest BCUT2D eigenvalue weighted by molar-refractivity contribution is 0.0933. The predicted molar refractivity (Wildman–Crippen MR) is 97.5 cm³/mol. The van der Waals surface area contributed by atoms with Gasteiger partial charge in [0.1, 0.15) is 5.82 Å². The zero-order chi connectivity index (χ0) is 17.9. The topological polar surface area (TPSA) is 88.5 Å². The number of rotatable bonds is 5. The first-order chi connectivity index (χ1) is 12.7. The van der Waals surface area contributed by atoms with E-state index in [-0.39, 0.29) is 17.6 Å². The number of benzene rings is 2. The van der Waals surface area contributed by atoms with E-state index in [1.54, 1.807) is 10.9 Å². The van der Waals surface area contributed by atoms with Gasteiger partial charge in [-0.15, -0.1) is 5.10 Å². The van der Waals surface area contributed by atoms with Gasteiger partial charge in [0, 0.05) is 0 Å². The van der Waals surface area contributed by atoms with Crippen LogP contribution in [-0.2, 0) is 6.54 Å². The van der Waals surface area contributed by atoms with Crippen LogP contribution in [0.2, 0.25) is 0 Å². The maximum atomic E-state index is 12.4. The number of hydrogen-bond donors (Lipinski definition) is 2. The molecule has 7 nitrogen and oxygen atoms in total. The summed E-state index contributed by atoms with van der Waals surface area (Å²) in [7, 11) is 0. The summed E-state index contributed by atoms with van der Waals surface area (Å²) in [6, 6.07) is 17.4. The highest BCUT2D eigenvalue weighted by Crippen LogP contribution is 2.15. The number of carbonyl (C=O) groups excluding carboxylic acids is 1. The van der Waals surface area contributed by atoms with Gasteiger partial charge in [0.25, 0.3) is 5.91 Å². The molecule has 4 rings (SSSR count). The molecule has 7 heteroatoms. The third-order valence-electron chi connectivity index (χ3n) is 4.12. The monoisotopic (exact) mass is 346 g/mol. The molecule has 2 aromatic heterocycles. The summed E-state index contributed by atoms with van der Waals surface area (Å²) in [5, 5.41) is 10.9. The molecule has 1 amide bonds.